The van der Waals surface area contributed by atoms with Gasteiger partial charge in [0.15, 0.2) is 0 Å². The second kappa shape index (κ2) is 6.05. The molecule has 20 heavy (non-hydrogen) atoms. The Hall–Kier alpha value is -2.57. The number of primary amides is 1. The molecule has 0 atom stereocenters. The van der Waals surface area contributed by atoms with Crippen LogP contribution in [0.5, 0.6) is 0 Å². The molecule has 4 N–H and O–H groups in total. The van der Waals surface area contributed by atoms with Crippen molar-refractivity contribution in [1.82, 2.24) is 5.32 Å². The number of rotatable bonds is 4. The van der Waals surface area contributed by atoms with Gasteiger partial charge in [0, 0.05) is 24.3 Å². The van der Waals surface area contributed by atoms with Crippen LogP contribution < -0.4 is 21.3 Å². The number of nitrogens with zero attached hydrogens (tertiary/aromatic N) is 1. The van der Waals surface area contributed by atoms with Crippen molar-refractivity contribution in [1.29, 1.82) is 0 Å². The molecule has 1 heterocycles. The van der Waals surface area contributed by atoms with Crippen LogP contribution in [-0.4, -0.2) is 30.9 Å². The van der Waals surface area contributed by atoms with Gasteiger partial charge >= 0.3 is 6.03 Å². The van der Waals surface area contributed by atoms with Crippen LogP contribution in [0, 0.1) is 0 Å². The second-order valence-corrected chi connectivity index (χ2v) is 4.46. The fourth-order valence-corrected chi connectivity index (χ4v) is 2.04. The summed E-state index contributed by atoms with van der Waals surface area (Å²) in [6, 6.07) is 6.31. The molecule has 1 aliphatic rings. The molecule has 4 amide bonds. The smallest absolute Gasteiger partial charge is 0.318 e. The average molecular weight is 276 g/mol. The zero-order valence-corrected chi connectivity index (χ0v) is 10.9. The van der Waals surface area contributed by atoms with Crippen molar-refractivity contribution >= 4 is 29.2 Å². The van der Waals surface area contributed by atoms with Gasteiger partial charge in [-0.05, 0) is 30.7 Å². The largest absolute Gasteiger partial charge is 0.376 e. The molecule has 0 saturated carbocycles. The third-order valence-corrected chi connectivity index (χ3v) is 2.97. The number of carbonyl (C=O) groups excluding carboxylic acids is 3. The van der Waals surface area contributed by atoms with Crippen molar-refractivity contribution in [3.05, 3.63) is 24.3 Å². The van der Waals surface area contributed by atoms with E-state index in [0.717, 1.165) is 24.3 Å². The first-order valence-corrected chi connectivity index (χ1v) is 6.30. The topological polar surface area (TPSA) is 105 Å². The van der Waals surface area contributed by atoms with Crippen molar-refractivity contribution < 1.29 is 14.4 Å². The van der Waals surface area contributed by atoms with Gasteiger partial charge in [0.05, 0.1) is 6.54 Å². The van der Waals surface area contributed by atoms with E-state index in [1.165, 1.54) is 0 Å². The van der Waals surface area contributed by atoms with Gasteiger partial charge in [0.2, 0.25) is 11.8 Å². The number of nitrogens with one attached hydrogen (secondary N) is 2. The summed E-state index contributed by atoms with van der Waals surface area (Å²) in [4.78, 5) is 35.0. The molecule has 0 spiro atoms. The Labute approximate surface area is 116 Å². The molecule has 1 aromatic carbocycles. The molecule has 1 aromatic rings. The third-order valence-electron chi connectivity index (χ3n) is 2.97. The first kappa shape index (κ1) is 13.9. The molecular weight excluding hydrogens is 260 g/mol. The fraction of sp³-hybridized carbons (Fsp3) is 0.308. The van der Waals surface area contributed by atoms with Crippen LogP contribution >= 0.6 is 0 Å². The SMILES string of the molecule is NC(=O)NC(=O)CNc1ccc(N2CCCC2=O)cc1. The Balaban J connectivity index is 1.90. The van der Waals surface area contributed by atoms with Crippen molar-refractivity contribution in [2.75, 3.05) is 23.3 Å². The van der Waals surface area contributed by atoms with Gasteiger partial charge in [-0.1, -0.05) is 0 Å². The highest BCUT2D eigenvalue weighted by atomic mass is 16.2. The Morgan fingerprint density at radius 2 is 1.95 bits per heavy atom. The minimum Gasteiger partial charge on any atom is -0.376 e. The van der Waals surface area contributed by atoms with Crippen LogP contribution in [0.4, 0.5) is 16.2 Å². The van der Waals surface area contributed by atoms with Gasteiger partial charge in [0.25, 0.3) is 0 Å². The summed E-state index contributed by atoms with van der Waals surface area (Å²) in [5.41, 5.74) is 6.40. The molecule has 7 heteroatoms. The Bertz CT molecular complexity index is 527. The zero-order valence-electron chi connectivity index (χ0n) is 10.9. The highest BCUT2D eigenvalue weighted by Crippen LogP contribution is 2.22. The second-order valence-electron chi connectivity index (χ2n) is 4.46. The van der Waals surface area contributed by atoms with Gasteiger partial charge in [0.1, 0.15) is 0 Å². The zero-order chi connectivity index (χ0) is 14.5. The predicted molar refractivity (Wildman–Crippen MR) is 74.2 cm³/mol. The summed E-state index contributed by atoms with van der Waals surface area (Å²) in [6.45, 7) is 0.692. The molecule has 0 aliphatic carbocycles. The molecule has 0 aromatic heterocycles. The maximum absolute atomic E-state index is 11.6. The summed E-state index contributed by atoms with van der Waals surface area (Å²) in [5, 5.41) is 4.82. The van der Waals surface area contributed by atoms with E-state index in [2.05, 4.69) is 5.32 Å². The van der Waals surface area contributed by atoms with E-state index in [9.17, 15) is 14.4 Å². The van der Waals surface area contributed by atoms with E-state index in [4.69, 9.17) is 5.73 Å². The Kier molecular flexibility index (Phi) is 4.19. The Morgan fingerprint density at radius 3 is 2.50 bits per heavy atom. The van der Waals surface area contributed by atoms with E-state index in [1.54, 1.807) is 17.0 Å². The number of anilines is 2. The highest BCUT2D eigenvalue weighted by Gasteiger charge is 2.21. The van der Waals surface area contributed by atoms with Crippen molar-refractivity contribution in [3.8, 4) is 0 Å². The average Bonchev–Trinajstić information content (AvgIpc) is 2.82. The third kappa shape index (κ3) is 3.47. The highest BCUT2D eigenvalue weighted by molar-refractivity contribution is 5.96. The van der Waals surface area contributed by atoms with Gasteiger partial charge in [-0.25, -0.2) is 4.79 Å². The lowest BCUT2D eigenvalue weighted by molar-refractivity contribution is -0.118. The van der Waals surface area contributed by atoms with Gasteiger partial charge in [-0.15, -0.1) is 0 Å². The monoisotopic (exact) mass is 276 g/mol. The number of hydrogen-bond donors (Lipinski definition) is 3. The molecule has 0 radical (unpaired) electrons. The minimum atomic E-state index is -0.875. The lowest BCUT2D eigenvalue weighted by atomic mass is 10.2. The number of imide groups is 1. The normalized spacial score (nSPS) is 14.2. The van der Waals surface area contributed by atoms with Gasteiger partial charge < -0.3 is 16.0 Å². The van der Waals surface area contributed by atoms with E-state index >= 15 is 0 Å². The Morgan fingerprint density at radius 1 is 1.25 bits per heavy atom. The van der Waals surface area contributed by atoms with Crippen molar-refractivity contribution in [3.63, 3.8) is 0 Å². The van der Waals surface area contributed by atoms with Crippen LogP contribution in [0.15, 0.2) is 24.3 Å². The molecule has 1 aliphatic heterocycles. The number of hydrogen-bond acceptors (Lipinski definition) is 4. The van der Waals surface area contributed by atoms with E-state index < -0.39 is 11.9 Å². The molecule has 1 fully saturated rings. The maximum Gasteiger partial charge on any atom is 0.318 e. The number of benzene rings is 1. The van der Waals surface area contributed by atoms with Crippen LogP contribution in [0.2, 0.25) is 0 Å². The lowest BCUT2D eigenvalue weighted by Gasteiger charge is -2.16. The lowest BCUT2D eigenvalue weighted by Crippen LogP contribution is -2.38. The molecule has 2 rings (SSSR count). The van der Waals surface area contributed by atoms with Gasteiger partial charge in [-0.3, -0.25) is 14.9 Å². The van der Waals surface area contributed by atoms with E-state index in [1.807, 2.05) is 17.4 Å². The van der Waals surface area contributed by atoms with E-state index in [0.29, 0.717) is 6.42 Å². The summed E-state index contributed by atoms with van der Waals surface area (Å²) in [5.74, 6) is -0.372. The van der Waals surface area contributed by atoms with Crippen molar-refractivity contribution in [2.45, 2.75) is 12.8 Å². The predicted octanol–water partition coefficient (Wildman–Crippen LogP) is 0.420. The first-order chi connectivity index (χ1) is 9.56. The molecule has 0 bridgehead atoms. The number of carbonyl (C=O) groups is 3. The molecule has 7 nitrogen and oxygen atoms in total. The molecule has 1 saturated heterocycles. The minimum absolute atomic E-state index is 0.0507. The first-order valence-electron chi connectivity index (χ1n) is 6.30. The maximum atomic E-state index is 11.6. The van der Waals surface area contributed by atoms with Crippen LogP contribution in [0.25, 0.3) is 0 Å². The van der Waals surface area contributed by atoms with Crippen LogP contribution in [0.1, 0.15) is 12.8 Å². The van der Waals surface area contributed by atoms with Crippen LogP contribution in [0.3, 0.4) is 0 Å². The van der Waals surface area contributed by atoms with Crippen LogP contribution in [-0.2, 0) is 9.59 Å². The summed E-state index contributed by atoms with van der Waals surface area (Å²) in [6.07, 6.45) is 1.47. The summed E-state index contributed by atoms with van der Waals surface area (Å²) >= 11 is 0. The number of nitrogens with two attached hydrogens (primary N) is 1. The van der Waals surface area contributed by atoms with Crippen molar-refractivity contribution in [2.24, 2.45) is 5.73 Å². The molecule has 0 unspecified atom stereocenters. The summed E-state index contributed by atoms with van der Waals surface area (Å²) in [7, 11) is 0. The number of amides is 4. The molecular formula is C13H16N4O3. The van der Waals surface area contributed by atoms with E-state index in [-0.39, 0.29) is 12.5 Å². The molecule has 106 valence electrons. The number of urea groups is 1. The quantitative estimate of drug-likeness (QED) is 0.741. The standard InChI is InChI=1S/C13H16N4O3/c14-13(20)16-11(18)8-15-9-3-5-10(6-4-9)17-7-1-2-12(17)19/h3-6,15H,1-2,7-8H2,(H3,14,16,18,20). The van der Waals surface area contributed by atoms with Gasteiger partial charge in [-0.2, -0.15) is 0 Å². The summed E-state index contributed by atoms with van der Waals surface area (Å²) < 4.78 is 0. The fourth-order valence-electron chi connectivity index (χ4n) is 2.04.